The van der Waals surface area contributed by atoms with Crippen LogP contribution in [0.3, 0.4) is 0 Å². The van der Waals surface area contributed by atoms with Crippen LogP contribution in [0.1, 0.15) is 22.0 Å². The Balaban J connectivity index is 2.05. The lowest BCUT2D eigenvalue weighted by Gasteiger charge is -2.06. The van der Waals surface area contributed by atoms with Crippen LogP contribution in [0.5, 0.6) is 0 Å². The summed E-state index contributed by atoms with van der Waals surface area (Å²) in [5.41, 5.74) is 1.16. The van der Waals surface area contributed by atoms with E-state index in [4.69, 9.17) is 5.11 Å². The summed E-state index contributed by atoms with van der Waals surface area (Å²) in [5, 5.41) is 18.2. The number of fused-ring (bicyclic) bond motifs is 1. The second kappa shape index (κ2) is 4.48. The van der Waals surface area contributed by atoms with E-state index in [0.717, 1.165) is 22.6 Å². The quantitative estimate of drug-likeness (QED) is 0.788. The van der Waals surface area contributed by atoms with Gasteiger partial charge < -0.3 is 14.2 Å². The van der Waals surface area contributed by atoms with E-state index >= 15 is 0 Å². The largest absolute Gasteiger partial charge is 0.478 e. The van der Waals surface area contributed by atoms with Crippen LogP contribution in [0.15, 0.2) is 30.5 Å². The molecule has 0 aliphatic carbocycles. The van der Waals surface area contributed by atoms with E-state index in [1.165, 1.54) is 0 Å². The second-order valence-corrected chi connectivity index (χ2v) is 4.74. The highest BCUT2D eigenvalue weighted by molar-refractivity contribution is 5.93. The third-order valence-electron chi connectivity index (χ3n) is 3.52. The van der Waals surface area contributed by atoms with Gasteiger partial charge in [-0.3, -0.25) is 0 Å². The highest BCUT2D eigenvalue weighted by Gasteiger charge is 2.10. The molecule has 0 radical (unpaired) electrons. The van der Waals surface area contributed by atoms with Gasteiger partial charge in [0.1, 0.15) is 5.82 Å². The lowest BCUT2D eigenvalue weighted by Crippen LogP contribution is -2.06. The summed E-state index contributed by atoms with van der Waals surface area (Å²) in [5.74, 6) is 0.762. The third kappa shape index (κ3) is 1.95. The maximum atomic E-state index is 11.1. The maximum absolute atomic E-state index is 11.1. The summed E-state index contributed by atoms with van der Waals surface area (Å²) in [6.07, 6.45) is 1.93. The standard InChI is InChI=1S/C14H14N4O2/c1-9-15-16-13(17(9)2)8-18-6-5-10-3-4-11(14(19)20)7-12(10)18/h3-7H,8H2,1-2H3,(H,19,20). The predicted octanol–water partition coefficient (Wildman–Crippen LogP) is 1.82. The van der Waals surface area contributed by atoms with E-state index in [0.29, 0.717) is 6.54 Å². The molecule has 0 bridgehead atoms. The molecule has 0 atom stereocenters. The third-order valence-corrected chi connectivity index (χ3v) is 3.52. The van der Waals surface area contributed by atoms with Crippen LogP contribution >= 0.6 is 0 Å². The number of carboxylic acid groups (broad SMARTS) is 1. The molecule has 0 saturated carbocycles. The van der Waals surface area contributed by atoms with Crippen molar-refractivity contribution < 1.29 is 9.90 Å². The Morgan fingerprint density at radius 2 is 2.10 bits per heavy atom. The van der Waals surface area contributed by atoms with Gasteiger partial charge in [-0.15, -0.1) is 10.2 Å². The molecule has 102 valence electrons. The van der Waals surface area contributed by atoms with Crippen molar-refractivity contribution in [1.82, 2.24) is 19.3 Å². The van der Waals surface area contributed by atoms with Crippen molar-refractivity contribution in [2.24, 2.45) is 7.05 Å². The maximum Gasteiger partial charge on any atom is 0.335 e. The first-order valence-corrected chi connectivity index (χ1v) is 6.23. The summed E-state index contributed by atoms with van der Waals surface area (Å²) < 4.78 is 3.90. The molecule has 0 unspecified atom stereocenters. The van der Waals surface area contributed by atoms with Crippen LogP contribution in [0.2, 0.25) is 0 Å². The van der Waals surface area contributed by atoms with Crippen molar-refractivity contribution in [3.8, 4) is 0 Å². The van der Waals surface area contributed by atoms with E-state index in [2.05, 4.69) is 10.2 Å². The average Bonchev–Trinajstić information content (AvgIpc) is 2.97. The van der Waals surface area contributed by atoms with Crippen molar-refractivity contribution >= 4 is 16.9 Å². The van der Waals surface area contributed by atoms with E-state index in [1.54, 1.807) is 12.1 Å². The SMILES string of the molecule is Cc1nnc(Cn2ccc3ccc(C(=O)O)cc32)n1C. The summed E-state index contributed by atoms with van der Waals surface area (Å²) in [6, 6.07) is 7.07. The van der Waals surface area contributed by atoms with E-state index in [-0.39, 0.29) is 5.56 Å². The Bertz CT molecular complexity index is 801. The van der Waals surface area contributed by atoms with Gasteiger partial charge in [-0.2, -0.15) is 0 Å². The van der Waals surface area contributed by atoms with Crippen molar-refractivity contribution in [3.05, 3.63) is 47.7 Å². The number of nitrogens with zero attached hydrogens (tertiary/aromatic N) is 4. The van der Waals surface area contributed by atoms with E-state index < -0.39 is 5.97 Å². The van der Waals surface area contributed by atoms with Gasteiger partial charge in [-0.25, -0.2) is 4.79 Å². The molecule has 20 heavy (non-hydrogen) atoms. The highest BCUT2D eigenvalue weighted by atomic mass is 16.4. The minimum atomic E-state index is -0.922. The first-order chi connectivity index (χ1) is 9.56. The second-order valence-electron chi connectivity index (χ2n) is 4.74. The highest BCUT2D eigenvalue weighted by Crippen LogP contribution is 2.19. The lowest BCUT2D eigenvalue weighted by atomic mass is 10.1. The number of hydrogen-bond acceptors (Lipinski definition) is 3. The molecular weight excluding hydrogens is 256 g/mol. The Morgan fingerprint density at radius 1 is 1.30 bits per heavy atom. The molecule has 1 N–H and O–H groups in total. The molecule has 0 fully saturated rings. The number of hydrogen-bond donors (Lipinski definition) is 1. The number of rotatable bonds is 3. The Morgan fingerprint density at radius 3 is 2.75 bits per heavy atom. The molecule has 2 aromatic heterocycles. The summed E-state index contributed by atoms with van der Waals surface area (Å²) in [7, 11) is 1.92. The molecule has 3 aromatic rings. The number of carboxylic acids is 1. The van der Waals surface area contributed by atoms with Crippen LogP contribution in [0, 0.1) is 6.92 Å². The normalized spacial score (nSPS) is 11.1. The predicted molar refractivity (Wildman–Crippen MR) is 73.7 cm³/mol. The first-order valence-electron chi connectivity index (χ1n) is 6.23. The van der Waals surface area contributed by atoms with Crippen LogP contribution in [-0.2, 0) is 13.6 Å². The molecule has 1 aromatic carbocycles. The molecular formula is C14H14N4O2. The number of carbonyl (C=O) groups is 1. The Kier molecular flexibility index (Phi) is 2.78. The molecule has 2 heterocycles. The topological polar surface area (TPSA) is 72.9 Å². The lowest BCUT2D eigenvalue weighted by molar-refractivity contribution is 0.0697. The number of aromatic nitrogens is 4. The zero-order valence-electron chi connectivity index (χ0n) is 11.2. The van der Waals surface area contributed by atoms with Crippen LogP contribution in [-0.4, -0.2) is 30.4 Å². The van der Waals surface area contributed by atoms with Gasteiger partial charge in [0.25, 0.3) is 0 Å². The molecule has 6 heteroatoms. The summed E-state index contributed by atoms with van der Waals surface area (Å²) in [4.78, 5) is 11.1. The fourth-order valence-corrected chi connectivity index (χ4v) is 2.20. The summed E-state index contributed by atoms with van der Waals surface area (Å²) >= 11 is 0. The van der Waals surface area contributed by atoms with Crippen LogP contribution in [0.25, 0.3) is 10.9 Å². The van der Waals surface area contributed by atoms with Crippen molar-refractivity contribution in [1.29, 1.82) is 0 Å². The van der Waals surface area contributed by atoms with Gasteiger partial charge in [0.05, 0.1) is 12.1 Å². The van der Waals surface area contributed by atoms with Gasteiger partial charge in [-0.1, -0.05) is 6.07 Å². The Hall–Kier alpha value is -2.63. The van der Waals surface area contributed by atoms with Crippen molar-refractivity contribution in [3.63, 3.8) is 0 Å². The molecule has 0 amide bonds. The molecule has 3 rings (SSSR count). The average molecular weight is 270 g/mol. The molecule has 0 spiro atoms. The minimum absolute atomic E-state index is 0.284. The van der Waals surface area contributed by atoms with Crippen LogP contribution < -0.4 is 0 Å². The number of benzene rings is 1. The molecule has 0 aliphatic heterocycles. The number of aryl methyl sites for hydroxylation is 1. The van der Waals surface area contributed by atoms with Gasteiger partial charge in [-0.05, 0) is 30.5 Å². The monoisotopic (exact) mass is 270 g/mol. The Labute approximate surface area is 115 Å². The van der Waals surface area contributed by atoms with E-state index in [1.807, 2.05) is 41.4 Å². The van der Waals surface area contributed by atoms with E-state index in [9.17, 15) is 4.79 Å². The van der Waals surface area contributed by atoms with Gasteiger partial charge >= 0.3 is 5.97 Å². The molecule has 6 nitrogen and oxygen atoms in total. The smallest absolute Gasteiger partial charge is 0.335 e. The summed E-state index contributed by atoms with van der Waals surface area (Å²) in [6.45, 7) is 2.46. The molecule has 0 aliphatic rings. The van der Waals surface area contributed by atoms with Crippen molar-refractivity contribution in [2.45, 2.75) is 13.5 Å². The van der Waals surface area contributed by atoms with Crippen LogP contribution in [0.4, 0.5) is 0 Å². The van der Waals surface area contributed by atoms with Gasteiger partial charge in [0, 0.05) is 18.8 Å². The molecule has 0 saturated heterocycles. The zero-order valence-corrected chi connectivity index (χ0v) is 11.2. The number of aromatic carboxylic acids is 1. The zero-order chi connectivity index (χ0) is 14.3. The van der Waals surface area contributed by atoms with Gasteiger partial charge in [0.2, 0.25) is 0 Å². The fourth-order valence-electron chi connectivity index (χ4n) is 2.20. The van der Waals surface area contributed by atoms with Gasteiger partial charge in [0.15, 0.2) is 5.82 Å². The van der Waals surface area contributed by atoms with Crippen molar-refractivity contribution in [2.75, 3.05) is 0 Å². The fraction of sp³-hybridized carbons (Fsp3) is 0.214. The first kappa shape index (κ1) is 12.4. The minimum Gasteiger partial charge on any atom is -0.478 e.